The maximum Gasteiger partial charge on any atom is 0.435 e. The maximum atomic E-state index is 13.3. The van der Waals surface area contributed by atoms with Gasteiger partial charge in [-0.2, -0.15) is 22.6 Å². The fourth-order valence-corrected chi connectivity index (χ4v) is 5.41. The molecule has 11 heteroatoms. The van der Waals surface area contributed by atoms with Gasteiger partial charge < -0.3 is 5.32 Å². The molecule has 0 aliphatic heterocycles. The molecule has 0 radical (unpaired) electrons. The van der Waals surface area contributed by atoms with Gasteiger partial charge in [-0.05, 0) is 49.9 Å². The van der Waals surface area contributed by atoms with Crippen molar-refractivity contribution in [2.45, 2.75) is 57.1 Å². The standard InChI is InChI=1S/C21H27F3N4O3S/c1-3-27(4-2)32(30,31)16-11-9-15(10-12-16)20(29)25-13-14-28-18-8-6-5-7-17(18)19(26-28)21(22,23)24/h9-12H,3-8,13-14H2,1-2H3,(H,25,29). The molecule has 176 valence electrons. The van der Waals surface area contributed by atoms with E-state index in [-0.39, 0.29) is 29.1 Å². The Morgan fingerprint density at radius 3 is 2.34 bits per heavy atom. The van der Waals surface area contributed by atoms with E-state index in [1.165, 1.54) is 33.3 Å². The first kappa shape index (κ1) is 24.2. The molecule has 1 aromatic carbocycles. The molecular weight excluding hydrogens is 445 g/mol. The molecule has 1 aliphatic rings. The molecule has 3 rings (SSSR count). The van der Waals surface area contributed by atoms with E-state index in [1.54, 1.807) is 13.8 Å². The number of nitrogens with one attached hydrogen (secondary N) is 1. The number of aromatic nitrogens is 2. The second kappa shape index (κ2) is 9.62. The fourth-order valence-electron chi connectivity index (χ4n) is 3.95. The molecule has 1 aromatic heterocycles. The van der Waals surface area contributed by atoms with Gasteiger partial charge in [-0.1, -0.05) is 13.8 Å². The van der Waals surface area contributed by atoms with Crippen LogP contribution in [0.5, 0.6) is 0 Å². The molecule has 1 aliphatic carbocycles. The Labute approximate surface area is 185 Å². The third kappa shape index (κ3) is 4.98. The number of alkyl halides is 3. The predicted molar refractivity (Wildman–Crippen MR) is 113 cm³/mol. The molecule has 0 unspecified atom stereocenters. The number of amides is 1. The average Bonchev–Trinajstić information content (AvgIpc) is 3.14. The smallest absolute Gasteiger partial charge is 0.350 e. The monoisotopic (exact) mass is 472 g/mol. The summed E-state index contributed by atoms with van der Waals surface area (Å²) in [5.41, 5.74) is 0.286. The molecule has 0 atom stereocenters. The summed E-state index contributed by atoms with van der Waals surface area (Å²) in [4.78, 5) is 12.5. The molecule has 1 N–H and O–H groups in total. The van der Waals surface area contributed by atoms with E-state index in [9.17, 15) is 26.4 Å². The van der Waals surface area contributed by atoms with Crippen LogP contribution in [0.4, 0.5) is 13.2 Å². The Kier molecular flexibility index (Phi) is 7.29. The minimum atomic E-state index is -4.50. The molecule has 0 bridgehead atoms. The van der Waals surface area contributed by atoms with Crippen molar-refractivity contribution in [2.24, 2.45) is 0 Å². The largest absolute Gasteiger partial charge is 0.435 e. The van der Waals surface area contributed by atoms with Crippen molar-refractivity contribution >= 4 is 15.9 Å². The Hall–Kier alpha value is -2.40. The van der Waals surface area contributed by atoms with Crippen molar-refractivity contribution in [2.75, 3.05) is 19.6 Å². The summed E-state index contributed by atoms with van der Waals surface area (Å²) in [6.07, 6.45) is -2.08. The normalized spacial score (nSPS) is 14.4. The first-order valence-corrected chi connectivity index (χ1v) is 12.1. The Bertz CT molecular complexity index is 1060. The van der Waals surface area contributed by atoms with E-state index in [2.05, 4.69) is 10.4 Å². The van der Waals surface area contributed by atoms with Gasteiger partial charge in [0.15, 0.2) is 5.69 Å². The lowest BCUT2D eigenvalue weighted by Crippen LogP contribution is -2.31. The summed E-state index contributed by atoms with van der Waals surface area (Å²) in [5, 5.41) is 6.44. The van der Waals surface area contributed by atoms with Crippen LogP contribution in [0, 0.1) is 0 Å². The number of hydrogen-bond donors (Lipinski definition) is 1. The first-order valence-electron chi connectivity index (χ1n) is 10.6. The number of rotatable bonds is 8. The second-order valence-corrected chi connectivity index (χ2v) is 9.51. The number of sulfonamides is 1. The zero-order valence-electron chi connectivity index (χ0n) is 18.1. The van der Waals surface area contributed by atoms with Gasteiger partial charge in [-0.3, -0.25) is 9.48 Å². The van der Waals surface area contributed by atoms with E-state index in [4.69, 9.17) is 0 Å². The van der Waals surface area contributed by atoms with Crippen LogP contribution < -0.4 is 5.32 Å². The molecule has 32 heavy (non-hydrogen) atoms. The quantitative estimate of drug-likeness (QED) is 0.639. The van der Waals surface area contributed by atoms with Gasteiger partial charge in [-0.15, -0.1) is 0 Å². The molecular formula is C21H27F3N4O3S. The van der Waals surface area contributed by atoms with E-state index in [1.807, 2.05) is 0 Å². The van der Waals surface area contributed by atoms with Crippen molar-refractivity contribution in [1.82, 2.24) is 19.4 Å². The highest BCUT2D eigenvalue weighted by Gasteiger charge is 2.39. The van der Waals surface area contributed by atoms with Crippen LogP contribution in [0.3, 0.4) is 0 Å². The van der Waals surface area contributed by atoms with Gasteiger partial charge in [-0.25, -0.2) is 8.42 Å². The van der Waals surface area contributed by atoms with Gasteiger partial charge in [0, 0.05) is 36.5 Å². The van der Waals surface area contributed by atoms with Crippen molar-refractivity contribution in [1.29, 1.82) is 0 Å². The third-order valence-electron chi connectivity index (χ3n) is 5.59. The zero-order chi connectivity index (χ0) is 23.5. The van der Waals surface area contributed by atoms with Crippen LogP contribution in [0.15, 0.2) is 29.2 Å². The maximum absolute atomic E-state index is 13.3. The number of halogens is 3. The average molecular weight is 473 g/mol. The summed E-state index contributed by atoms with van der Waals surface area (Å²) in [5.74, 6) is -0.436. The van der Waals surface area contributed by atoms with Crippen molar-refractivity contribution in [3.05, 3.63) is 46.8 Å². The summed E-state index contributed by atoms with van der Waals surface area (Å²) in [7, 11) is -3.62. The number of fused-ring (bicyclic) bond motifs is 1. The van der Waals surface area contributed by atoms with Crippen LogP contribution in [0.1, 0.15) is 54.0 Å². The Morgan fingerprint density at radius 1 is 1.12 bits per heavy atom. The Balaban J connectivity index is 1.65. The van der Waals surface area contributed by atoms with Crippen LogP contribution in [-0.4, -0.2) is 48.0 Å². The van der Waals surface area contributed by atoms with Crippen molar-refractivity contribution in [3.63, 3.8) is 0 Å². The van der Waals surface area contributed by atoms with Gasteiger partial charge in [0.05, 0.1) is 11.4 Å². The molecule has 0 saturated heterocycles. The molecule has 0 saturated carbocycles. The van der Waals surface area contributed by atoms with Crippen LogP contribution in [-0.2, 0) is 35.6 Å². The van der Waals surface area contributed by atoms with E-state index >= 15 is 0 Å². The molecule has 1 amide bonds. The SMILES string of the molecule is CCN(CC)S(=O)(=O)c1ccc(C(=O)NCCn2nc(C(F)(F)F)c3c2CCCC3)cc1. The summed E-state index contributed by atoms with van der Waals surface area (Å²) in [6.45, 7) is 4.40. The van der Waals surface area contributed by atoms with Gasteiger partial charge in [0.25, 0.3) is 5.91 Å². The predicted octanol–water partition coefficient (Wildman–Crippen LogP) is 3.24. The fraction of sp³-hybridized carbons (Fsp3) is 0.524. The highest BCUT2D eigenvalue weighted by molar-refractivity contribution is 7.89. The van der Waals surface area contributed by atoms with Gasteiger partial charge >= 0.3 is 6.18 Å². The summed E-state index contributed by atoms with van der Waals surface area (Å²) >= 11 is 0. The zero-order valence-corrected chi connectivity index (χ0v) is 18.9. The number of carbonyl (C=O) groups is 1. The topological polar surface area (TPSA) is 84.3 Å². The van der Waals surface area contributed by atoms with Crippen molar-refractivity contribution < 1.29 is 26.4 Å². The highest BCUT2D eigenvalue weighted by Crippen LogP contribution is 2.35. The number of carbonyl (C=O) groups excluding carboxylic acids is 1. The molecule has 2 aromatic rings. The lowest BCUT2D eigenvalue weighted by Gasteiger charge is -2.18. The van der Waals surface area contributed by atoms with Gasteiger partial charge in [0.1, 0.15) is 0 Å². The van der Waals surface area contributed by atoms with E-state index < -0.39 is 27.8 Å². The van der Waals surface area contributed by atoms with E-state index in [0.29, 0.717) is 38.0 Å². The minimum absolute atomic E-state index is 0.0978. The summed E-state index contributed by atoms with van der Waals surface area (Å²) < 4.78 is 67.6. The number of hydrogen-bond acceptors (Lipinski definition) is 4. The minimum Gasteiger partial charge on any atom is -0.350 e. The molecule has 0 fully saturated rings. The number of nitrogens with zero attached hydrogens (tertiary/aromatic N) is 3. The Morgan fingerprint density at radius 2 is 1.75 bits per heavy atom. The second-order valence-electron chi connectivity index (χ2n) is 7.57. The van der Waals surface area contributed by atoms with Crippen molar-refractivity contribution in [3.8, 4) is 0 Å². The highest BCUT2D eigenvalue weighted by atomic mass is 32.2. The summed E-state index contributed by atoms with van der Waals surface area (Å²) in [6, 6.07) is 5.59. The molecule has 0 spiro atoms. The molecule has 1 heterocycles. The lowest BCUT2D eigenvalue weighted by molar-refractivity contribution is -0.142. The van der Waals surface area contributed by atoms with Crippen LogP contribution in [0.2, 0.25) is 0 Å². The van der Waals surface area contributed by atoms with E-state index in [0.717, 1.165) is 6.42 Å². The lowest BCUT2D eigenvalue weighted by atomic mass is 9.95. The molecule has 7 nitrogen and oxygen atoms in total. The number of benzene rings is 1. The van der Waals surface area contributed by atoms with Crippen LogP contribution >= 0.6 is 0 Å². The van der Waals surface area contributed by atoms with Crippen LogP contribution in [0.25, 0.3) is 0 Å². The third-order valence-corrected chi connectivity index (χ3v) is 7.66. The van der Waals surface area contributed by atoms with Gasteiger partial charge in [0.2, 0.25) is 10.0 Å². The first-order chi connectivity index (χ1) is 15.1.